The fourth-order valence-electron chi connectivity index (χ4n) is 3.81. The Bertz CT molecular complexity index is 1110. The van der Waals surface area contributed by atoms with Crippen molar-refractivity contribution in [1.29, 1.82) is 0 Å². The number of hydrogen-bond donors (Lipinski definition) is 3. The van der Waals surface area contributed by atoms with E-state index in [2.05, 4.69) is 15.6 Å². The van der Waals surface area contributed by atoms with E-state index < -0.39 is 21.8 Å². The van der Waals surface area contributed by atoms with E-state index in [0.29, 0.717) is 5.02 Å². The molecule has 2 atom stereocenters. The number of benzene rings is 2. The van der Waals surface area contributed by atoms with Gasteiger partial charge in [-0.3, -0.25) is 20.4 Å². The van der Waals surface area contributed by atoms with Crippen molar-refractivity contribution in [2.45, 2.75) is 50.0 Å². The van der Waals surface area contributed by atoms with Gasteiger partial charge in [-0.05, 0) is 54.7 Å². The maximum Gasteiger partial charge on any atom is 0.269 e. The number of ether oxygens (including phenoxy) is 1. The maximum atomic E-state index is 13.1. The largest absolute Gasteiger partial charge is 0.495 e. The molecule has 1 aliphatic carbocycles. The van der Waals surface area contributed by atoms with Crippen molar-refractivity contribution in [3.05, 3.63) is 58.6 Å². The van der Waals surface area contributed by atoms with Gasteiger partial charge in [0.05, 0.1) is 13.5 Å². The molecule has 33 heavy (non-hydrogen) atoms. The van der Waals surface area contributed by atoms with Crippen LogP contribution < -0.4 is 20.3 Å². The molecule has 3 N–H and O–H groups in total. The standard InChI is InChI=1S/C23H28ClN3O5S/c1-15-5-3-4-6-19(15)27-33(30,31)21-14-17(9-12-20(21)32-2)23(29)26-25-22(28)13-16-7-10-18(24)11-8-16/h7-12,14-15,19,27H,3-6,13H2,1-2H3,(H,25,28)(H,26,29). The van der Waals surface area contributed by atoms with Crippen LogP contribution in [-0.4, -0.2) is 33.4 Å². The molecule has 1 aliphatic rings. The van der Waals surface area contributed by atoms with Gasteiger partial charge in [-0.15, -0.1) is 0 Å². The number of carbonyl (C=O) groups is 2. The van der Waals surface area contributed by atoms with E-state index in [1.165, 1.54) is 25.3 Å². The van der Waals surface area contributed by atoms with Crippen LogP contribution in [0.15, 0.2) is 47.4 Å². The second-order valence-electron chi connectivity index (χ2n) is 8.16. The minimum Gasteiger partial charge on any atom is -0.495 e. The lowest BCUT2D eigenvalue weighted by atomic mass is 9.87. The molecule has 0 radical (unpaired) electrons. The summed E-state index contributed by atoms with van der Waals surface area (Å²) in [5.41, 5.74) is 5.45. The highest BCUT2D eigenvalue weighted by atomic mass is 35.5. The summed E-state index contributed by atoms with van der Waals surface area (Å²) in [6.07, 6.45) is 3.82. The summed E-state index contributed by atoms with van der Waals surface area (Å²) in [6, 6.07) is 10.7. The Morgan fingerprint density at radius 1 is 1.06 bits per heavy atom. The van der Waals surface area contributed by atoms with Crippen LogP contribution in [0.4, 0.5) is 0 Å². The number of rotatable bonds is 7. The number of halogens is 1. The maximum absolute atomic E-state index is 13.1. The molecule has 0 heterocycles. The van der Waals surface area contributed by atoms with Crippen molar-refractivity contribution in [3.63, 3.8) is 0 Å². The van der Waals surface area contributed by atoms with Crippen molar-refractivity contribution in [2.24, 2.45) is 5.92 Å². The predicted molar refractivity (Wildman–Crippen MR) is 126 cm³/mol. The van der Waals surface area contributed by atoms with Gasteiger partial charge in [-0.2, -0.15) is 0 Å². The van der Waals surface area contributed by atoms with Gasteiger partial charge >= 0.3 is 0 Å². The highest BCUT2D eigenvalue weighted by molar-refractivity contribution is 7.89. The van der Waals surface area contributed by atoms with Crippen LogP contribution in [0.25, 0.3) is 0 Å². The third-order valence-corrected chi connectivity index (χ3v) is 7.49. The Hall–Kier alpha value is -2.62. The van der Waals surface area contributed by atoms with E-state index in [4.69, 9.17) is 16.3 Å². The van der Waals surface area contributed by atoms with Crippen molar-refractivity contribution >= 4 is 33.4 Å². The van der Waals surface area contributed by atoms with E-state index in [1.54, 1.807) is 24.3 Å². The molecule has 2 unspecified atom stereocenters. The molecule has 10 heteroatoms. The van der Waals surface area contributed by atoms with E-state index in [1.807, 2.05) is 6.92 Å². The molecule has 1 fully saturated rings. The van der Waals surface area contributed by atoms with Crippen LogP contribution >= 0.6 is 11.6 Å². The summed E-state index contributed by atoms with van der Waals surface area (Å²) >= 11 is 5.83. The van der Waals surface area contributed by atoms with Gasteiger partial charge in [0.25, 0.3) is 5.91 Å². The molecule has 0 spiro atoms. The number of sulfonamides is 1. The van der Waals surface area contributed by atoms with Crippen molar-refractivity contribution in [2.75, 3.05) is 7.11 Å². The molecule has 0 bridgehead atoms. The first kappa shape index (κ1) is 25.0. The molecule has 2 aromatic carbocycles. The van der Waals surface area contributed by atoms with Crippen LogP contribution in [0.3, 0.4) is 0 Å². The van der Waals surface area contributed by atoms with Crippen molar-refractivity contribution < 1.29 is 22.7 Å². The van der Waals surface area contributed by atoms with Gasteiger partial charge in [0.15, 0.2) is 0 Å². The second-order valence-corrected chi connectivity index (χ2v) is 10.3. The Balaban J connectivity index is 1.69. The minimum atomic E-state index is -3.92. The van der Waals surface area contributed by atoms with Crippen LogP contribution in [-0.2, 0) is 21.2 Å². The van der Waals surface area contributed by atoms with Gasteiger partial charge in [0.2, 0.25) is 15.9 Å². The fraction of sp³-hybridized carbons (Fsp3) is 0.391. The molecule has 8 nitrogen and oxygen atoms in total. The first-order chi connectivity index (χ1) is 15.7. The molecular weight excluding hydrogens is 466 g/mol. The number of nitrogens with one attached hydrogen (secondary N) is 3. The van der Waals surface area contributed by atoms with Gasteiger partial charge in [-0.25, -0.2) is 13.1 Å². The summed E-state index contributed by atoms with van der Waals surface area (Å²) in [5.74, 6) is -0.722. The molecule has 0 aromatic heterocycles. The van der Waals surface area contributed by atoms with Crippen molar-refractivity contribution in [1.82, 2.24) is 15.6 Å². The molecule has 2 amide bonds. The topological polar surface area (TPSA) is 114 Å². The van der Waals surface area contributed by atoms with E-state index in [0.717, 1.165) is 31.2 Å². The zero-order valence-corrected chi connectivity index (χ0v) is 20.1. The lowest BCUT2D eigenvalue weighted by Crippen LogP contribution is -2.42. The molecule has 0 aliphatic heterocycles. The second kappa shape index (κ2) is 11.0. The lowest BCUT2D eigenvalue weighted by Gasteiger charge is -2.29. The normalized spacial score (nSPS) is 18.4. The minimum absolute atomic E-state index is 0.0448. The van der Waals surface area contributed by atoms with Crippen molar-refractivity contribution in [3.8, 4) is 5.75 Å². The lowest BCUT2D eigenvalue weighted by molar-refractivity contribution is -0.121. The van der Waals surface area contributed by atoms with Crippen LogP contribution in [0.1, 0.15) is 48.5 Å². The number of carbonyl (C=O) groups excluding carboxylic acids is 2. The number of amides is 2. The zero-order chi connectivity index (χ0) is 24.0. The summed E-state index contributed by atoms with van der Waals surface area (Å²) in [5, 5.41) is 0.560. The summed E-state index contributed by atoms with van der Waals surface area (Å²) in [4.78, 5) is 24.6. The van der Waals surface area contributed by atoms with Crippen LogP contribution in [0.5, 0.6) is 5.75 Å². The third-order valence-electron chi connectivity index (χ3n) is 5.73. The van der Waals surface area contributed by atoms with Crippen LogP contribution in [0, 0.1) is 5.92 Å². The molecule has 3 rings (SSSR count). The highest BCUT2D eigenvalue weighted by Gasteiger charge is 2.29. The van der Waals surface area contributed by atoms with Crippen LogP contribution in [0.2, 0.25) is 5.02 Å². The summed E-state index contributed by atoms with van der Waals surface area (Å²) in [6.45, 7) is 2.03. The monoisotopic (exact) mass is 493 g/mol. The molecule has 1 saturated carbocycles. The van der Waals surface area contributed by atoms with Gasteiger partial charge in [0, 0.05) is 16.6 Å². The third kappa shape index (κ3) is 6.69. The molecule has 2 aromatic rings. The Morgan fingerprint density at radius 2 is 1.76 bits per heavy atom. The SMILES string of the molecule is COc1ccc(C(=O)NNC(=O)Cc2ccc(Cl)cc2)cc1S(=O)(=O)NC1CCCCC1C. The average Bonchev–Trinajstić information content (AvgIpc) is 2.80. The summed E-state index contributed by atoms with van der Waals surface area (Å²) < 4.78 is 34.2. The van der Waals surface area contributed by atoms with Gasteiger partial charge in [-0.1, -0.05) is 43.5 Å². The highest BCUT2D eigenvalue weighted by Crippen LogP contribution is 2.29. The first-order valence-electron chi connectivity index (χ1n) is 10.7. The average molecular weight is 494 g/mol. The van der Waals surface area contributed by atoms with Gasteiger partial charge in [0.1, 0.15) is 10.6 Å². The van der Waals surface area contributed by atoms with E-state index in [9.17, 15) is 18.0 Å². The number of hydrogen-bond acceptors (Lipinski definition) is 5. The van der Waals surface area contributed by atoms with E-state index >= 15 is 0 Å². The zero-order valence-electron chi connectivity index (χ0n) is 18.6. The molecule has 178 valence electrons. The molecule has 0 saturated heterocycles. The smallest absolute Gasteiger partial charge is 0.269 e. The number of hydrazine groups is 1. The van der Waals surface area contributed by atoms with Gasteiger partial charge < -0.3 is 4.74 Å². The van der Waals surface area contributed by atoms with E-state index in [-0.39, 0.29) is 34.6 Å². The predicted octanol–water partition coefficient (Wildman–Crippen LogP) is 3.21. The Labute approximate surface area is 199 Å². The molecular formula is C23H28ClN3O5S. The quantitative estimate of drug-likeness (QED) is 0.512. The fourth-order valence-corrected chi connectivity index (χ4v) is 5.51. The first-order valence-corrected chi connectivity index (χ1v) is 12.6. The Kier molecular flexibility index (Phi) is 8.34. The number of methoxy groups -OCH3 is 1. The summed E-state index contributed by atoms with van der Waals surface area (Å²) in [7, 11) is -2.55. The Morgan fingerprint density at radius 3 is 2.42 bits per heavy atom.